The number of ether oxygens (including phenoxy) is 2. The summed E-state index contributed by atoms with van der Waals surface area (Å²) in [5.41, 5.74) is 0. The predicted octanol–water partition coefficient (Wildman–Crippen LogP) is 1.30. The first-order valence-electron chi connectivity index (χ1n) is 5.03. The molecule has 4 heteroatoms. The molecule has 0 saturated carbocycles. The van der Waals surface area contributed by atoms with Crippen LogP contribution in [0.5, 0.6) is 0 Å². The molecule has 0 aromatic rings. The van der Waals surface area contributed by atoms with E-state index < -0.39 is 0 Å². The van der Waals surface area contributed by atoms with Crippen LogP contribution in [0.2, 0.25) is 0 Å². The van der Waals surface area contributed by atoms with Crippen molar-refractivity contribution in [3.8, 4) is 0 Å². The lowest BCUT2D eigenvalue weighted by Gasteiger charge is -2.25. The van der Waals surface area contributed by atoms with Crippen LogP contribution < -0.4 is 5.32 Å². The van der Waals surface area contributed by atoms with E-state index in [1.807, 2.05) is 13.8 Å². The van der Waals surface area contributed by atoms with Crippen LogP contribution in [0, 0.1) is 0 Å². The van der Waals surface area contributed by atoms with Gasteiger partial charge in [-0.15, -0.1) is 0 Å². The number of hydrogen-bond donors (Lipinski definition) is 1. The first-order chi connectivity index (χ1) is 6.65. The van der Waals surface area contributed by atoms with Crippen LogP contribution in [0.1, 0.15) is 33.6 Å². The van der Waals surface area contributed by atoms with Gasteiger partial charge in [0, 0.05) is 7.11 Å². The second kappa shape index (κ2) is 7.76. The quantitative estimate of drug-likeness (QED) is 0.478. The van der Waals surface area contributed by atoms with Crippen molar-refractivity contribution in [1.82, 2.24) is 5.32 Å². The second-order valence-electron chi connectivity index (χ2n) is 3.41. The Morgan fingerprint density at radius 1 is 1.43 bits per heavy atom. The van der Waals surface area contributed by atoms with Crippen LogP contribution in [0.3, 0.4) is 0 Å². The molecular formula is C10H21NO3. The number of carbonyl (C=O) groups is 1. The fourth-order valence-corrected chi connectivity index (χ4v) is 1.27. The normalized spacial score (nSPS) is 17.1. The molecule has 0 aliphatic heterocycles. The van der Waals surface area contributed by atoms with E-state index in [4.69, 9.17) is 9.47 Å². The van der Waals surface area contributed by atoms with Gasteiger partial charge in [0.05, 0.1) is 12.1 Å². The molecule has 1 amide bonds. The topological polar surface area (TPSA) is 47.6 Å². The van der Waals surface area contributed by atoms with Crippen LogP contribution in [-0.2, 0) is 14.3 Å². The molecular weight excluding hydrogens is 182 g/mol. The van der Waals surface area contributed by atoms with Gasteiger partial charge in [0.2, 0.25) is 6.41 Å². The molecule has 3 unspecified atom stereocenters. The summed E-state index contributed by atoms with van der Waals surface area (Å²) in [5.74, 6) is 0. The number of amides is 1. The maximum atomic E-state index is 10.2. The third-order valence-electron chi connectivity index (χ3n) is 2.03. The lowest BCUT2D eigenvalue weighted by molar-refractivity contribution is -0.166. The third-order valence-corrected chi connectivity index (χ3v) is 2.03. The predicted molar refractivity (Wildman–Crippen MR) is 54.9 cm³/mol. The summed E-state index contributed by atoms with van der Waals surface area (Å²) in [6, 6.07) is -0.128. The van der Waals surface area contributed by atoms with E-state index in [2.05, 4.69) is 12.2 Å². The number of hydrogen-bond acceptors (Lipinski definition) is 3. The summed E-state index contributed by atoms with van der Waals surface area (Å²) in [4.78, 5) is 10.2. The minimum atomic E-state index is -0.373. The van der Waals surface area contributed by atoms with Gasteiger partial charge >= 0.3 is 0 Å². The number of carbonyl (C=O) groups excluding carboxylic acids is 1. The van der Waals surface area contributed by atoms with Gasteiger partial charge in [0.1, 0.15) is 0 Å². The Labute approximate surface area is 86.0 Å². The maximum absolute atomic E-state index is 10.2. The largest absolute Gasteiger partial charge is 0.354 e. The SMILES string of the molecule is CCCC(C)OC(OC)C(C)NC=O. The molecule has 0 radical (unpaired) electrons. The van der Waals surface area contributed by atoms with Crippen LogP contribution in [0.25, 0.3) is 0 Å². The van der Waals surface area contributed by atoms with Gasteiger partial charge in [0.15, 0.2) is 6.29 Å². The summed E-state index contributed by atoms with van der Waals surface area (Å²) >= 11 is 0. The molecule has 0 saturated heterocycles. The van der Waals surface area contributed by atoms with E-state index in [0.29, 0.717) is 6.41 Å². The van der Waals surface area contributed by atoms with Crippen LogP contribution in [0.4, 0.5) is 0 Å². The average molecular weight is 203 g/mol. The van der Waals surface area contributed by atoms with E-state index in [-0.39, 0.29) is 18.4 Å². The first kappa shape index (κ1) is 13.4. The van der Waals surface area contributed by atoms with Gasteiger partial charge in [-0.25, -0.2) is 0 Å². The van der Waals surface area contributed by atoms with Crippen molar-refractivity contribution in [2.45, 2.75) is 52.0 Å². The van der Waals surface area contributed by atoms with E-state index in [0.717, 1.165) is 12.8 Å². The average Bonchev–Trinajstić information content (AvgIpc) is 2.15. The van der Waals surface area contributed by atoms with E-state index in [1.165, 1.54) is 0 Å². The molecule has 3 atom stereocenters. The Morgan fingerprint density at radius 3 is 2.50 bits per heavy atom. The minimum absolute atomic E-state index is 0.128. The van der Waals surface area contributed by atoms with Gasteiger partial charge in [-0.3, -0.25) is 4.79 Å². The summed E-state index contributed by atoms with van der Waals surface area (Å²) in [7, 11) is 1.58. The molecule has 14 heavy (non-hydrogen) atoms. The van der Waals surface area contributed by atoms with Crippen LogP contribution >= 0.6 is 0 Å². The maximum Gasteiger partial charge on any atom is 0.207 e. The molecule has 0 aliphatic rings. The Hall–Kier alpha value is -0.610. The molecule has 1 N–H and O–H groups in total. The highest BCUT2D eigenvalue weighted by Gasteiger charge is 2.18. The van der Waals surface area contributed by atoms with Crippen LogP contribution in [0.15, 0.2) is 0 Å². The zero-order valence-electron chi connectivity index (χ0n) is 9.45. The van der Waals surface area contributed by atoms with Crippen LogP contribution in [-0.4, -0.2) is 32.0 Å². The highest BCUT2D eigenvalue weighted by Crippen LogP contribution is 2.08. The molecule has 0 heterocycles. The number of rotatable bonds is 8. The standard InChI is InChI=1S/C10H21NO3/c1-5-6-8(2)14-10(13-4)9(3)11-7-12/h7-10H,5-6H2,1-4H3,(H,11,12). The number of methoxy groups -OCH3 is 1. The molecule has 0 fully saturated rings. The molecule has 0 aliphatic carbocycles. The van der Waals surface area contributed by atoms with Crippen molar-refractivity contribution in [2.75, 3.05) is 7.11 Å². The molecule has 4 nitrogen and oxygen atoms in total. The highest BCUT2D eigenvalue weighted by molar-refractivity contribution is 5.46. The first-order valence-corrected chi connectivity index (χ1v) is 5.03. The van der Waals surface area contributed by atoms with Crippen molar-refractivity contribution >= 4 is 6.41 Å². The Kier molecular flexibility index (Phi) is 7.42. The molecule has 84 valence electrons. The third kappa shape index (κ3) is 5.19. The van der Waals surface area contributed by atoms with Crippen molar-refractivity contribution in [1.29, 1.82) is 0 Å². The lowest BCUT2D eigenvalue weighted by Crippen LogP contribution is -2.41. The Morgan fingerprint density at radius 2 is 2.07 bits per heavy atom. The summed E-state index contributed by atoms with van der Waals surface area (Å²) in [5, 5.41) is 2.61. The van der Waals surface area contributed by atoms with Gasteiger partial charge < -0.3 is 14.8 Å². The van der Waals surface area contributed by atoms with Crippen molar-refractivity contribution in [2.24, 2.45) is 0 Å². The van der Waals surface area contributed by atoms with E-state index in [1.54, 1.807) is 7.11 Å². The minimum Gasteiger partial charge on any atom is -0.354 e. The van der Waals surface area contributed by atoms with Gasteiger partial charge in [-0.05, 0) is 20.3 Å². The van der Waals surface area contributed by atoms with E-state index >= 15 is 0 Å². The summed E-state index contributed by atoms with van der Waals surface area (Å²) in [6.45, 7) is 5.96. The molecule has 0 aromatic carbocycles. The zero-order chi connectivity index (χ0) is 11.0. The fourth-order valence-electron chi connectivity index (χ4n) is 1.27. The number of nitrogens with one attached hydrogen (secondary N) is 1. The smallest absolute Gasteiger partial charge is 0.207 e. The lowest BCUT2D eigenvalue weighted by atomic mass is 10.2. The summed E-state index contributed by atoms with van der Waals surface area (Å²) < 4.78 is 10.7. The molecule has 0 bridgehead atoms. The van der Waals surface area contributed by atoms with E-state index in [9.17, 15) is 4.79 Å². The summed E-state index contributed by atoms with van der Waals surface area (Å²) in [6.07, 6.45) is 2.51. The molecule has 0 spiro atoms. The van der Waals surface area contributed by atoms with Gasteiger partial charge in [0.25, 0.3) is 0 Å². The molecule has 0 aromatic heterocycles. The second-order valence-corrected chi connectivity index (χ2v) is 3.41. The zero-order valence-corrected chi connectivity index (χ0v) is 9.45. The fraction of sp³-hybridized carbons (Fsp3) is 0.900. The van der Waals surface area contributed by atoms with Gasteiger partial charge in [-0.1, -0.05) is 13.3 Å². The highest BCUT2D eigenvalue weighted by atomic mass is 16.7. The van der Waals surface area contributed by atoms with Crippen molar-refractivity contribution in [3.05, 3.63) is 0 Å². The molecule has 0 rings (SSSR count). The van der Waals surface area contributed by atoms with Gasteiger partial charge in [-0.2, -0.15) is 0 Å². The van der Waals surface area contributed by atoms with Crippen molar-refractivity contribution in [3.63, 3.8) is 0 Å². The Balaban J connectivity index is 3.93. The van der Waals surface area contributed by atoms with Crippen molar-refractivity contribution < 1.29 is 14.3 Å². The monoisotopic (exact) mass is 203 g/mol. The Bertz CT molecular complexity index is 152.